The molecule has 26 heavy (non-hydrogen) atoms. The third kappa shape index (κ3) is 4.99. The molecule has 2 unspecified atom stereocenters. The summed E-state index contributed by atoms with van der Waals surface area (Å²) in [6.45, 7) is -3.12. The van der Waals surface area contributed by atoms with Crippen LogP contribution >= 0.6 is 0 Å². The molecule has 0 aliphatic carbocycles. The molecule has 0 bridgehead atoms. The Hall–Kier alpha value is -3.01. The van der Waals surface area contributed by atoms with Gasteiger partial charge in [-0.3, -0.25) is 4.79 Å². The number of halogens is 3. The van der Waals surface area contributed by atoms with Gasteiger partial charge in [0, 0.05) is 12.0 Å². The third-order valence-corrected chi connectivity index (χ3v) is 3.86. The Bertz CT molecular complexity index is 790. The second kappa shape index (κ2) is 8.90. The molecule has 0 aliphatic heterocycles. The zero-order chi connectivity index (χ0) is 19.1. The molecule has 0 aromatic heterocycles. The van der Waals surface area contributed by atoms with Gasteiger partial charge in [0.25, 0.3) is 0 Å². The van der Waals surface area contributed by atoms with Crippen molar-refractivity contribution in [3.63, 3.8) is 0 Å². The molecule has 0 N–H and O–H groups in total. The van der Waals surface area contributed by atoms with E-state index in [9.17, 15) is 23.2 Å². The van der Waals surface area contributed by atoms with Gasteiger partial charge in [-0.15, -0.1) is 0 Å². The minimum Gasteiger partial charge on any atom is -0.469 e. The summed E-state index contributed by atoms with van der Waals surface area (Å²) in [5.74, 6) is -3.40. The Labute approximate surface area is 148 Å². The standard InChI is InChI=1S/C19H16F3NO3/c1-25-18(24)10-16(17(11-23)12-5-3-2-4-6-12)13-7-14(20)9-15(8-13)26-19(21)22/h2-9,16-17,19H,10H2,1H3. The molecule has 7 heteroatoms. The maximum Gasteiger partial charge on any atom is 0.387 e. The molecule has 0 saturated carbocycles. The fourth-order valence-corrected chi connectivity index (χ4v) is 2.72. The second-order valence-corrected chi connectivity index (χ2v) is 5.50. The smallest absolute Gasteiger partial charge is 0.387 e. The van der Waals surface area contributed by atoms with Gasteiger partial charge >= 0.3 is 12.6 Å². The number of hydrogen-bond donors (Lipinski definition) is 0. The van der Waals surface area contributed by atoms with Gasteiger partial charge < -0.3 is 9.47 Å². The van der Waals surface area contributed by atoms with Crippen LogP contribution in [-0.4, -0.2) is 19.7 Å². The average Bonchev–Trinajstić information content (AvgIpc) is 2.61. The molecule has 0 fully saturated rings. The van der Waals surface area contributed by atoms with Gasteiger partial charge in [-0.1, -0.05) is 30.3 Å². The lowest BCUT2D eigenvalue weighted by molar-refractivity contribution is -0.141. The van der Waals surface area contributed by atoms with Crippen LogP contribution in [0.3, 0.4) is 0 Å². The maximum absolute atomic E-state index is 13.9. The fraction of sp³-hybridized carbons (Fsp3) is 0.263. The normalized spacial score (nSPS) is 12.9. The third-order valence-electron chi connectivity index (χ3n) is 3.86. The molecule has 0 radical (unpaired) electrons. The van der Waals surface area contributed by atoms with Crippen LogP contribution in [0.1, 0.15) is 29.4 Å². The van der Waals surface area contributed by atoms with Crippen LogP contribution in [0.25, 0.3) is 0 Å². The van der Waals surface area contributed by atoms with E-state index in [4.69, 9.17) is 0 Å². The Balaban J connectivity index is 2.49. The molecule has 2 aromatic rings. The summed E-state index contributed by atoms with van der Waals surface area (Å²) in [5, 5.41) is 9.63. The predicted octanol–water partition coefficient (Wildman–Crippen LogP) is 4.38. The van der Waals surface area contributed by atoms with Gasteiger partial charge in [0.05, 0.1) is 25.5 Å². The number of methoxy groups -OCH3 is 1. The van der Waals surface area contributed by atoms with Crippen molar-refractivity contribution in [1.82, 2.24) is 0 Å². The first-order chi connectivity index (χ1) is 12.4. The van der Waals surface area contributed by atoms with Crippen molar-refractivity contribution in [2.75, 3.05) is 7.11 Å². The maximum atomic E-state index is 13.9. The SMILES string of the molecule is COC(=O)CC(c1cc(F)cc(OC(F)F)c1)C(C#N)c1ccccc1. The summed E-state index contributed by atoms with van der Waals surface area (Å²) in [5.41, 5.74) is 0.811. The minimum atomic E-state index is -3.12. The van der Waals surface area contributed by atoms with Gasteiger partial charge in [-0.05, 0) is 23.3 Å². The van der Waals surface area contributed by atoms with E-state index in [1.165, 1.54) is 13.2 Å². The number of carbonyl (C=O) groups excluding carboxylic acids is 1. The molecule has 0 saturated heterocycles. The molecule has 0 aliphatic rings. The number of nitrogens with zero attached hydrogens (tertiary/aromatic N) is 1. The quantitative estimate of drug-likeness (QED) is 0.685. The van der Waals surface area contributed by atoms with Crippen LogP contribution in [0.15, 0.2) is 48.5 Å². The minimum absolute atomic E-state index is 0.196. The summed E-state index contributed by atoms with van der Waals surface area (Å²) >= 11 is 0. The highest BCUT2D eigenvalue weighted by atomic mass is 19.3. The first-order valence-electron chi connectivity index (χ1n) is 7.71. The average molecular weight is 363 g/mol. The lowest BCUT2D eigenvalue weighted by Gasteiger charge is -2.22. The van der Waals surface area contributed by atoms with E-state index in [1.807, 2.05) is 0 Å². The van der Waals surface area contributed by atoms with E-state index in [1.54, 1.807) is 30.3 Å². The van der Waals surface area contributed by atoms with E-state index < -0.39 is 30.2 Å². The topological polar surface area (TPSA) is 59.3 Å². The lowest BCUT2D eigenvalue weighted by Crippen LogP contribution is -2.16. The second-order valence-electron chi connectivity index (χ2n) is 5.50. The Kier molecular flexibility index (Phi) is 6.61. The summed E-state index contributed by atoms with van der Waals surface area (Å²) < 4.78 is 47.8. The number of alkyl halides is 2. The highest BCUT2D eigenvalue weighted by molar-refractivity contribution is 5.71. The molecule has 2 rings (SSSR count). The number of carbonyl (C=O) groups is 1. The lowest BCUT2D eigenvalue weighted by atomic mass is 9.80. The molecule has 0 heterocycles. The zero-order valence-corrected chi connectivity index (χ0v) is 13.9. The van der Waals surface area contributed by atoms with Crippen molar-refractivity contribution in [3.8, 4) is 11.8 Å². The van der Waals surface area contributed by atoms with E-state index in [0.717, 1.165) is 12.1 Å². The fourth-order valence-electron chi connectivity index (χ4n) is 2.72. The van der Waals surface area contributed by atoms with Gasteiger partial charge in [-0.25, -0.2) is 4.39 Å². The highest BCUT2D eigenvalue weighted by Crippen LogP contribution is 2.37. The molecule has 4 nitrogen and oxygen atoms in total. The summed E-state index contributed by atoms with van der Waals surface area (Å²) in [6.07, 6.45) is -0.221. The van der Waals surface area contributed by atoms with E-state index >= 15 is 0 Å². The van der Waals surface area contributed by atoms with Crippen LogP contribution in [0.5, 0.6) is 5.75 Å². The number of esters is 1. The number of nitriles is 1. The number of hydrogen-bond acceptors (Lipinski definition) is 4. The molecule has 2 aromatic carbocycles. The van der Waals surface area contributed by atoms with Crippen LogP contribution in [0.4, 0.5) is 13.2 Å². The monoisotopic (exact) mass is 363 g/mol. The first-order valence-corrected chi connectivity index (χ1v) is 7.71. The number of benzene rings is 2. The van der Waals surface area contributed by atoms with Crippen LogP contribution in [0, 0.1) is 17.1 Å². The van der Waals surface area contributed by atoms with Gasteiger partial charge in [0.15, 0.2) is 0 Å². The number of rotatable bonds is 7. The van der Waals surface area contributed by atoms with E-state index in [-0.39, 0.29) is 17.7 Å². The van der Waals surface area contributed by atoms with Crippen molar-refractivity contribution in [2.45, 2.75) is 24.9 Å². The van der Waals surface area contributed by atoms with Crippen molar-refractivity contribution in [3.05, 3.63) is 65.5 Å². The van der Waals surface area contributed by atoms with Crippen LogP contribution in [-0.2, 0) is 9.53 Å². The Morgan fingerprint density at radius 2 is 1.85 bits per heavy atom. The van der Waals surface area contributed by atoms with E-state index in [0.29, 0.717) is 5.56 Å². The summed E-state index contributed by atoms with van der Waals surface area (Å²) in [6, 6.07) is 13.9. The van der Waals surface area contributed by atoms with Crippen molar-refractivity contribution in [1.29, 1.82) is 5.26 Å². The summed E-state index contributed by atoms with van der Waals surface area (Å²) in [4.78, 5) is 11.8. The van der Waals surface area contributed by atoms with Crippen molar-refractivity contribution in [2.24, 2.45) is 0 Å². The molecule has 136 valence electrons. The van der Waals surface area contributed by atoms with Crippen molar-refractivity contribution < 1.29 is 27.4 Å². The van der Waals surface area contributed by atoms with Crippen molar-refractivity contribution >= 4 is 5.97 Å². The largest absolute Gasteiger partial charge is 0.469 e. The highest BCUT2D eigenvalue weighted by Gasteiger charge is 2.29. The Morgan fingerprint density at radius 1 is 1.15 bits per heavy atom. The van der Waals surface area contributed by atoms with E-state index in [2.05, 4.69) is 15.5 Å². The van der Waals surface area contributed by atoms with Gasteiger partial charge in [0.1, 0.15) is 11.6 Å². The Morgan fingerprint density at radius 3 is 2.42 bits per heavy atom. The molecule has 0 amide bonds. The molecular formula is C19H16F3NO3. The van der Waals surface area contributed by atoms with Crippen LogP contribution < -0.4 is 4.74 Å². The first kappa shape index (κ1) is 19.3. The van der Waals surface area contributed by atoms with Gasteiger partial charge in [-0.2, -0.15) is 14.0 Å². The zero-order valence-electron chi connectivity index (χ0n) is 13.9. The van der Waals surface area contributed by atoms with Gasteiger partial charge in [0.2, 0.25) is 0 Å². The van der Waals surface area contributed by atoms with Crippen LogP contribution in [0.2, 0.25) is 0 Å². The summed E-state index contributed by atoms with van der Waals surface area (Å²) in [7, 11) is 1.19. The predicted molar refractivity (Wildman–Crippen MR) is 87.2 cm³/mol. The molecule has 2 atom stereocenters. The molecule has 0 spiro atoms. The molecular weight excluding hydrogens is 347 g/mol. The number of ether oxygens (including phenoxy) is 2.